The van der Waals surface area contributed by atoms with Gasteiger partial charge in [-0.3, -0.25) is 4.79 Å². The first-order valence-electron chi connectivity index (χ1n) is 8.17. The highest BCUT2D eigenvalue weighted by molar-refractivity contribution is 7.99. The highest BCUT2D eigenvalue weighted by Gasteiger charge is 2.06. The van der Waals surface area contributed by atoms with Gasteiger partial charge in [0.2, 0.25) is 5.91 Å². The van der Waals surface area contributed by atoms with E-state index in [4.69, 9.17) is 5.11 Å². The third kappa shape index (κ3) is 4.92. The first kappa shape index (κ1) is 18.6. The van der Waals surface area contributed by atoms with E-state index in [-0.39, 0.29) is 17.2 Å². The number of para-hydroxylation sites is 1. The fourth-order valence-corrected chi connectivity index (χ4v) is 3.22. The first-order valence-corrected chi connectivity index (χ1v) is 9.16. The molecule has 1 aromatic heterocycles. The maximum absolute atomic E-state index is 11.9. The van der Waals surface area contributed by atoms with Crippen LogP contribution in [-0.4, -0.2) is 33.9 Å². The van der Waals surface area contributed by atoms with Crippen molar-refractivity contribution in [2.75, 3.05) is 5.75 Å². The third-order valence-corrected chi connectivity index (χ3v) is 4.72. The second kappa shape index (κ2) is 8.46. The van der Waals surface area contributed by atoms with Gasteiger partial charge in [-0.15, -0.1) is 0 Å². The average molecular weight is 379 g/mol. The molecular formula is C20H17N3O3S. The Morgan fingerprint density at radius 2 is 1.93 bits per heavy atom. The summed E-state index contributed by atoms with van der Waals surface area (Å²) in [6.07, 6.45) is 1.46. The largest absolute Gasteiger partial charge is 0.478 e. The van der Waals surface area contributed by atoms with E-state index < -0.39 is 5.97 Å². The maximum atomic E-state index is 11.9. The van der Waals surface area contributed by atoms with Gasteiger partial charge < -0.3 is 5.11 Å². The summed E-state index contributed by atoms with van der Waals surface area (Å²) in [7, 11) is 0. The number of rotatable bonds is 6. The molecule has 0 spiro atoms. The van der Waals surface area contributed by atoms with Crippen LogP contribution in [0.3, 0.4) is 0 Å². The zero-order chi connectivity index (χ0) is 19.2. The van der Waals surface area contributed by atoms with E-state index in [2.05, 4.69) is 15.5 Å². The Balaban J connectivity index is 1.54. The van der Waals surface area contributed by atoms with Crippen LogP contribution in [0.5, 0.6) is 0 Å². The van der Waals surface area contributed by atoms with Crippen molar-refractivity contribution in [2.24, 2.45) is 5.10 Å². The molecule has 7 heteroatoms. The number of aromatic carboxylic acids is 1. The predicted molar refractivity (Wildman–Crippen MR) is 106 cm³/mol. The number of thioether (sulfide) groups is 1. The molecular weight excluding hydrogens is 362 g/mol. The monoisotopic (exact) mass is 379 g/mol. The van der Waals surface area contributed by atoms with Crippen LogP contribution in [0.25, 0.3) is 10.9 Å². The molecule has 2 aromatic carbocycles. The number of fused-ring (bicyclic) bond motifs is 1. The number of hydrazone groups is 1. The fourth-order valence-electron chi connectivity index (χ4n) is 2.45. The number of pyridine rings is 1. The Kier molecular flexibility index (Phi) is 5.83. The summed E-state index contributed by atoms with van der Waals surface area (Å²) < 4.78 is 0. The summed E-state index contributed by atoms with van der Waals surface area (Å²) in [5, 5.41) is 14.6. The first-order chi connectivity index (χ1) is 13.0. The zero-order valence-electron chi connectivity index (χ0n) is 14.5. The number of carbonyl (C=O) groups excluding carboxylic acids is 1. The lowest BCUT2D eigenvalue weighted by Gasteiger charge is -2.05. The molecule has 3 rings (SSSR count). The maximum Gasteiger partial charge on any atom is 0.335 e. The Bertz CT molecular complexity index is 1020. The second-order valence-electron chi connectivity index (χ2n) is 5.80. The van der Waals surface area contributed by atoms with E-state index in [9.17, 15) is 9.59 Å². The van der Waals surface area contributed by atoms with E-state index in [1.54, 1.807) is 12.1 Å². The van der Waals surface area contributed by atoms with E-state index in [0.29, 0.717) is 5.56 Å². The number of amides is 1. The van der Waals surface area contributed by atoms with Gasteiger partial charge in [-0.05, 0) is 42.3 Å². The van der Waals surface area contributed by atoms with Gasteiger partial charge in [0.1, 0.15) is 0 Å². The van der Waals surface area contributed by atoms with Gasteiger partial charge in [0, 0.05) is 5.39 Å². The highest BCUT2D eigenvalue weighted by Crippen LogP contribution is 2.23. The number of nitrogens with one attached hydrogen (secondary N) is 1. The molecule has 0 aliphatic rings. The van der Waals surface area contributed by atoms with E-state index in [1.165, 1.54) is 30.1 Å². The van der Waals surface area contributed by atoms with Gasteiger partial charge in [-0.25, -0.2) is 15.2 Å². The number of nitrogens with zero attached hydrogens (tertiary/aromatic N) is 2. The minimum atomic E-state index is -0.985. The molecule has 0 fully saturated rings. The van der Waals surface area contributed by atoms with Crippen LogP contribution in [0.2, 0.25) is 0 Å². The van der Waals surface area contributed by atoms with Gasteiger partial charge in [-0.2, -0.15) is 5.10 Å². The topological polar surface area (TPSA) is 91.7 Å². The lowest BCUT2D eigenvalue weighted by atomic mass is 10.1. The van der Waals surface area contributed by atoms with Crippen LogP contribution < -0.4 is 5.43 Å². The molecule has 0 bridgehead atoms. The number of hydrogen-bond acceptors (Lipinski definition) is 5. The number of benzene rings is 2. The van der Waals surface area contributed by atoms with Crippen molar-refractivity contribution in [3.05, 3.63) is 71.3 Å². The molecule has 136 valence electrons. The van der Waals surface area contributed by atoms with Crippen molar-refractivity contribution in [3.63, 3.8) is 0 Å². The normalized spacial score (nSPS) is 11.0. The van der Waals surface area contributed by atoms with Crippen molar-refractivity contribution < 1.29 is 14.7 Å². The molecule has 27 heavy (non-hydrogen) atoms. The van der Waals surface area contributed by atoms with Crippen molar-refractivity contribution in [1.29, 1.82) is 0 Å². The number of aryl methyl sites for hydroxylation is 1. The summed E-state index contributed by atoms with van der Waals surface area (Å²) in [4.78, 5) is 27.3. The van der Waals surface area contributed by atoms with Gasteiger partial charge in [0.15, 0.2) is 0 Å². The van der Waals surface area contributed by atoms with Crippen molar-refractivity contribution in [2.45, 2.75) is 11.9 Å². The lowest BCUT2D eigenvalue weighted by molar-refractivity contribution is -0.118. The number of carboxylic acid groups (broad SMARTS) is 1. The molecule has 0 atom stereocenters. The van der Waals surface area contributed by atoms with Crippen LogP contribution in [0, 0.1) is 6.92 Å². The molecule has 0 aliphatic heterocycles. The summed E-state index contributed by atoms with van der Waals surface area (Å²) in [6.45, 7) is 2.02. The molecule has 1 amide bonds. The minimum absolute atomic E-state index is 0.195. The molecule has 0 radical (unpaired) electrons. The molecule has 3 aromatic rings. The zero-order valence-corrected chi connectivity index (χ0v) is 15.4. The number of carboxylic acids is 1. The minimum Gasteiger partial charge on any atom is -0.478 e. The number of hydrogen-bond donors (Lipinski definition) is 2. The van der Waals surface area contributed by atoms with Crippen LogP contribution in [0.1, 0.15) is 21.5 Å². The van der Waals surface area contributed by atoms with Gasteiger partial charge in [0.05, 0.1) is 28.1 Å². The highest BCUT2D eigenvalue weighted by atomic mass is 32.2. The molecule has 0 unspecified atom stereocenters. The number of aromatic nitrogens is 1. The van der Waals surface area contributed by atoms with Gasteiger partial charge >= 0.3 is 5.97 Å². The third-order valence-electron chi connectivity index (χ3n) is 3.81. The van der Waals surface area contributed by atoms with Gasteiger partial charge in [-0.1, -0.05) is 42.1 Å². The molecule has 0 aliphatic carbocycles. The average Bonchev–Trinajstić information content (AvgIpc) is 2.67. The Hall–Kier alpha value is -3.19. The Morgan fingerprint density at radius 1 is 1.19 bits per heavy atom. The molecule has 0 saturated carbocycles. The molecule has 2 N–H and O–H groups in total. The lowest BCUT2D eigenvalue weighted by Crippen LogP contribution is -2.19. The fraction of sp³-hybridized carbons (Fsp3) is 0.100. The van der Waals surface area contributed by atoms with Crippen molar-refractivity contribution in [3.8, 4) is 0 Å². The summed E-state index contributed by atoms with van der Waals surface area (Å²) in [6, 6.07) is 16.1. The van der Waals surface area contributed by atoms with Crippen LogP contribution in [-0.2, 0) is 4.79 Å². The molecule has 1 heterocycles. The van der Waals surface area contributed by atoms with E-state index in [0.717, 1.165) is 21.5 Å². The quantitative estimate of drug-likeness (QED) is 0.389. The number of carbonyl (C=O) groups is 2. The predicted octanol–water partition coefficient (Wildman–Crippen LogP) is 3.48. The second-order valence-corrected chi connectivity index (χ2v) is 6.80. The summed E-state index contributed by atoms with van der Waals surface area (Å²) in [5.41, 5.74) is 5.37. The summed E-state index contributed by atoms with van der Waals surface area (Å²) in [5.74, 6) is -1.03. The van der Waals surface area contributed by atoms with Gasteiger partial charge in [0.25, 0.3) is 0 Å². The van der Waals surface area contributed by atoms with Crippen LogP contribution in [0.4, 0.5) is 0 Å². The van der Waals surface area contributed by atoms with Crippen molar-refractivity contribution in [1.82, 2.24) is 10.4 Å². The van der Waals surface area contributed by atoms with E-state index >= 15 is 0 Å². The SMILES string of the molecule is Cc1cc(SCC(=O)N/N=C\c2ccc(C(=O)O)cc2)nc2ccccc12. The molecule has 6 nitrogen and oxygen atoms in total. The van der Waals surface area contributed by atoms with Crippen LogP contribution >= 0.6 is 11.8 Å². The standard InChI is InChI=1S/C20H17N3O3S/c1-13-10-19(22-17-5-3-2-4-16(13)17)27-12-18(24)23-21-11-14-6-8-15(9-7-14)20(25)26/h2-11H,12H2,1H3,(H,23,24)(H,25,26)/b21-11-. The van der Waals surface area contributed by atoms with Crippen molar-refractivity contribution >= 4 is 40.8 Å². The molecule has 0 saturated heterocycles. The van der Waals surface area contributed by atoms with Crippen LogP contribution in [0.15, 0.2) is 64.7 Å². The Labute approximate surface area is 160 Å². The smallest absolute Gasteiger partial charge is 0.335 e. The summed E-state index contributed by atoms with van der Waals surface area (Å²) >= 11 is 1.35. The van der Waals surface area contributed by atoms with E-state index in [1.807, 2.05) is 37.3 Å². The Morgan fingerprint density at radius 3 is 2.67 bits per heavy atom.